The number of H-pyrrole nitrogens is 1. The van der Waals surface area contributed by atoms with Gasteiger partial charge in [0.2, 0.25) is 0 Å². The van der Waals surface area contributed by atoms with Crippen LogP contribution >= 0.6 is 11.3 Å². The van der Waals surface area contributed by atoms with Crippen molar-refractivity contribution in [3.8, 4) is 22.4 Å². The van der Waals surface area contributed by atoms with Gasteiger partial charge in [0.25, 0.3) is 5.91 Å². The van der Waals surface area contributed by atoms with Crippen molar-refractivity contribution >= 4 is 28.3 Å². The summed E-state index contributed by atoms with van der Waals surface area (Å²) in [6.45, 7) is 1.30. The predicted molar refractivity (Wildman–Crippen MR) is 111 cm³/mol. The number of carbonyl (C=O) groups is 1. The maximum atomic E-state index is 12.7. The van der Waals surface area contributed by atoms with Gasteiger partial charge in [-0.2, -0.15) is 0 Å². The summed E-state index contributed by atoms with van der Waals surface area (Å²) >= 11 is 1.38. The largest absolute Gasteiger partial charge is 0.345 e. The van der Waals surface area contributed by atoms with E-state index < -0.39 is 0 Å². The van der Waals surface area contributed by atoms with E-state index >= 15 is 0 Å². The van der Waals surface area contributed by atoms with Crippen LogP contribution in [0.1, 0.15) is 16.2 Å². The van der Waals surface area contributed by atoms with Crippen LogP contribution in [0.5, 0.6) is 0 Å². The highest BCUT2D eigenvalue weighted by molar-refractivity contribution is 7.12. The molecule has 1 aliphatic heterocycles. The number of nitrogens with one attached hydrogen (secondary N) is 1. The standard InChI is InChI=1S/C21H19N5OS/c22-15-6-7-26(11-15)21(27)20-25-18(12-28-20)17-10-24-19-16(17)8-14(9-23-19)13-4-2-1-3-5-13/h1-5,8-10,12,15H,6-7,11,22H2,(H,23,24). The first-order valence-electron chi connectivity index (χ1n) is 9.22. The highest BCUT2D eigenvalue weighted by Crippen LogP contribution is 2.32. The Bertz CT molecular complexity index is 1150. The first-order chi connectivity index (χ1) is 13.7. The Kier molecular flexibility index (Phi) is 4.18. The van der Waals surface area contributed by atoms with Gasteiger partial charge >= 0.3 is 0 Å². The zero-order valence-corrected chi connectivity index (χ0v) is 15.9. The monoisotopic (exact) mass is 389 g/mol. The van der Waals surface area contributed by atoms with E-state index in [-0.39, 0.29) is 11.9 Å². The first kappa shape index (κ1) is 17.1. The SMILES string of the molecule is NC1CCN(C(=O)c2nc(-c3c[nH]c4ncc(-c5ccccc5)cc34)cs2)C1. The van der Waals surface area contributed by atoms with Crippen LogP contribution in [0, 0.1) is 0 Å². The Morgan fingerprint density at radius 3 is 2.89 bits per heavy atom. The lowest BCUT2D eigenvalue weighted by molar-refractivity contribution is 0.0790. The second-order valence-corrected chi connectivity index (χ2v) is 7.88. The third-order valence-corrected chi connectivity index (χ3v) is 5.94. The number of thiazole rings is 1. The Balaban J connectivity index is 1.50. The van der Waals surface area contributed by atoms with Gasteiger partial charge in [0.1, 0.15) is 5.65 Å². The topological polar surface area (TPSA) is 87.9 Å². The number of nitrogens with zero attached hydrogens (tertiary/aromatic N) is 3. The fraction of sp³-hybridized carbons (Fsp3) is 0.190. The van der Waals surface area contributed by atoms with Gasteiger partial charge in [-0.3, -0.25) is 4.79 Å². The predicted octanol–water partition coefficient (Wildman–Crippen LogP) is 3.53. The molecule has 0 bridgehead atoms. The number of pyridine rings is 1. The molecule has 4 aromatic rings. The number of amides is 1. The minimum absolute atomic E-state index is 0.0351. The quantitative estimate of drug-likeness (QED) is 0.561. The minimum Gasteiger partial charge on any atom is -0.345 e. The molecule has 0 aliphatic carbocycles. The minimum atomic E-state index is -0.0351. The van der Waals surface area contributed by atoms with Gasteiger partial charge in [0.15, 0.2) is 5.01 Å². The van der Waals surface area contributed by atoms with Crippen LogP contribution in [0.3, 0.4) is 0 Å². The van der Waals surface area contributed by atoms with Crippen LogP contribution < -0.4 is 5.73 Å². The molecule has 1 fully saturated rings. The molecule has 1 amide bonds. The number of fused-ring (bicyclic) bond motifs is 1. The average Bonchev–Trinajstić information content (AvgIpc) is 3.46. The molecule has 0 spiro atoms. The van der Waals surface area contributed by atoms with Crippen molar-refractivity contribution in [3.05, 3.63) is 59.2 Å². The Morgan fingerprint density at radius 2 is 2.11 bits per heavy atom. The van der Waals surface area contributed by atoms with E-state index in [2.05, 4.69) is 33.2 Å². The smallest absolute Gasteiger partial charge is 0.282 e. The Morgan fingerprint density at radius 1 is 1.25 bits per heavy atom. The molecule has 0 saturated carbocycles. The molecule has 1 aliphatic rings. The van der Waals surface area contributed by atoms with E-state index in [1.54, 1.807) is 4.90 Å². The molecule has 1 unspecified atom stereocenters. The lowest BCUT2D eigenvalue weighted by Gasteiger charge is -2.13. The third kappa shape index (κ3) is 2.98. The summed E-state index contributed by atoms with van der Waals surface area (Å²) in [4.78, 5) is 26.8. The summed E-state index contributed by atoms with van der Waals surface area (Å²) in [6.07, 6.45) is 4.62. The molecule has 7 heteroatoms. The number of carbonyl (C=O) groups excluding carboxylic acids is 1. The molecule has 3 N–H and O–H groups in total. The molecule has 1 atom stereocenters. The zero-order valence-electron chi connectivity index (χ0n) is 15.1. The maximum absolute atomic E-state index is 12.7. The van der Waals surface area contributed by atoms with Crippen molar-refractivity contribution < 1.29 is 4.79 Å². The van der Waals surface area contributed by atoms with E-state index in [4.69, 9.17) is 5.73 Å². The Hall–Kier alpha value is -3.03. The summed E-state index contributed by atoms with van der Waals surface area (Å²) < 4.78 is 0. The highest BCUT2D eigenvalue weighted by atomic mass is 32.1. The molecule has 1 saturated heterocycles. The molecule has 4 heterocycles. The van der Waals surface area contributed by atoms with Crippen LogP contribution in [0.4, 0.5) is 0 Å². The van der Waals surface area contributed by atoms with Crippen molar-refractivity contribution in [1.82, 2.24) is 19.9 Å². The van der Waals surface area contributed by atoms with Crippen LogP contribution in [0.2, 0.25) is 0 Å². The summed E-state index contributed by atoms with van der Waals surface area (Å²) in [5.74, 6) is -0.0351. The molecule has 5 rings (SSSR count). The molecule has 6 nitrogen and oxygen atoms in total. The van der Waals surface area contributed by atoms with Gasteiger partial charge in [0.05, 0.1) is 5.69 Å². The van der Waals surface area contributed by atoms with Crippen molar-refractivity contribution in [2.45, 2.75) is 12.5 Å². The van der Waals surface area contributed by atoms with E-state index in [1.165, 1.54) is 11.3 Å². The lowest BCUT2D eigenvalue weighted by Crippen LogP contribution is -2.31. The zero-order chi connectivity index (χ0) is 19.1. The maximum Gasteiger partial charge on any atom is 0.282 e. The molecule has 0 radical (unpaired) electrons. The molecule has 140 valence electrons. The van der Waals surface area contributed by atoms with Crippen LogP contribution in [-0.2, 0) is 0 Å². The summed E-state index contributed by atoms with van der Waals surface area (Å²) in [7, 11) is 0. The number of rotatable bonds is 3. The van der Waals surface area contributed by atoms with E-state index in [1.807, 2.05) is 36.0 Å². The Labute approximate surface area is 166 Å². The van der Waals surface area contributed by atoms with E-state index in [0.29, 0.717) is 18.1 Å². The van der Waals surface area contributed by atoms with Crippen molar-refractivity contribution in [1.29, 1.82) is 0 Å². The number of likely N-dealkylation sites (tertiary alicyclic amines) is 1. The third-order valence-electron chi connectivity index (χ3n) is 5.11. The van der Waals surface area contributed by atoms with Gasteiger partial charge in [-0.1, -0.05) is 30.3 Å². The van der Waals surface area contributed by atoms with Gasteiger partial charge in [-0.15, -0.1) is 11.3 Å². The highest BCUT2D eigenvalue weighted by Gasteiger charge is 2.26. The average molecular weight is 389 g/mol. The normalized spacial score (nSPS) is 16.8. The number of aromatic nitrogens is 3. The van der Waals surface area contributed by atoms with Crippen molar-refractivity contribution in [2.24, 2.45) is 5.73 Å². The molecule has 28 heavy (non-hydrogen) atoms. The second kappa shape index (κ2) is 6.85. The number of hydrogen-bond acceptors (Lipinski definition) is 5. The summed E-state index contributed by atoms with van der Waals surface area (Å²) in [5, 5.41) is 3.43. The number of hydrogen-bond donors (Lipinski definition) is 2. The molecular weight excluding hydrogens is 370 g/mol. The lowest BCUT2D eigenvalue weighted by atomic mass is 10.1. The van der Waals surface area contributed by atoms with Gasteiger partial charge in [-0.05, 0) is 18.1 Å². The fourth-order valence-electron chi connectivity index (χ4n) is 3.61. The number of aromatic amines is 1. The molecule has 1 aromatic carbocycles. The molecule has 3 aromatic heterocycles. The van der Waals surface area contributed by atoms with E-state index in [9.17, 15) is 4.79 Å². The fourth-order valence-corrected chi connectivity index (χ4v) is 4.39. The van der Waals surface area contributed by atoms with E-state index in [0.717, 1.165) is 39.8 Å². The summed E-state index contributed by atoms with van der Waals surface area (Å²) in [5.41, 5.74) is 10.6. The van der Waals surface area contributed by atoms with Gasteiger partial charge < -0.3 is 15.6 Å². The van der Waals surface area contributed by atoms with Crippen LogP contribution in [-0.4, -0.2) is 44.9 Å². The van der Waals surface area contributed by atoms with Crippen LogP contribution in [0.25, 0.3) is 33.4 Å². The van der Waals surface area contributed by atoms with Gasteiger partial charge in [-0.25, -0.2) is 9.97 Å². The summed E-state index contributed by atoms with van der Waals surface area (Å²) in [6, 6.07) is 12.3. The molecular formula is C21H19N5OS. The second-order valence-electron chi connectivity index (χ2n) is 7.03. The van der Waals surface area contributed by atoms with Crippen LogP contribution in [0.15, 0.2) is 54.2 Å². The van der Waals surface area contributed by atoms with Gasteiger partial charge in [0, 0.05) is 53.4 Å². The number of benzene rings is 1. The van der Waals surface area contributed by atoms with Crippen molar-refractivity contribution in [2.75, 3.05) is 13.1 Å². The first-order valence-corrected chi connectivity index (χ1v) is 10.1. The number of nitrogens with two attached hydrogens (primary N) is 1. The van der Waals surface area contributed by atoms with Crippen molar-refractivity contribution in [3.63, 3.8) is 0 Å².